The highest BCUT2D eigenvalue weighted by Gasteiger charge is 2.33. The number of ether oxygens (including phenoxy) is 1. The zero-order chi connectivity index (χ0) is 23.8. The summed E-state index contributed by atoms with van der Waals surface area (Å²) in [4.78, 5) is 42.6. The molecule has 174 valence electrons. The highest BCUT2D eigenvalue weighted by molar-refractivity contribution is 6.26. The van der Waals surface area contributed by atoms with Crippen LogP contribution in [-0.2, 0) is 4.74 Å². The van der Waals surface area contributed by atoms with Gasteiger partial charge in [-0.1, -0.05) is 29.3 Å². The molecule has 0 unspecified atom stereocenters. The number of nitrogens with zero attached hydrogens (tertiary/aromatic N) is 2. The van der Waals surface area contributed by atoms with Crippen molar-refractivity contribution in [3.05, 3.63) is 76.3 Å². The zero-order valence-corrected chi connectivity index (χ0v) is 19.6. The van der Waals surface area contributed by atoms with Crippen molar-refractivity contribution >= 4 is 34.2 Å². The fourth-order valence-corrected chi connectivity index (χ4v) is 5.15. The number of imide groups is 1. The topological polar surface area (TPSA) is 66.9 Å². The van der Waals surface area contributed by atoms with Crippen LogP contribution in [0, 0.1) is 13.8 Å². The Hall–Kier alpha value is -3.67. The average Bonchev–Trinajstić information content (AvgIpc) is 2.84. The van der Waals surface area contributed by atoms with E-state index in [1.54, 1.807) is 18.2 Å². The lowest BCUT2D eigenvalue weighted by molar-refractivity contribution is 0.0405. The van der Waals surface area contributed by atoms with Crippen LogP contribution in [0.2, 0.25) is 0 Å². The molecule has 3 aromatic rings. The van der Waals surface area contributed by atoms with Crippen LogP contribution < -0.4 is 4.90 Å². The van der Waals surface area contributed by atoms with E-state index in [9.17, 15) is 14.4 Å². The maximum Gasteiger partial charge on any atom is 0.338 e. The second-order valence-electron chi connectivity index (χ2n) is 9.18. The van der Waals surface area contributed by atoms with Crippen LogP contribution in [0.25, 0.3) is 10.8 Å². The molecule has 0 saturated carbocycles. The summed E-state index contributed by atoms with van der Waals surface area (Å²) in [5, 5.41) is 1.67. The van der Waals surface area contributed by atoms with Crippen molar-refractivity contribution in [3.63, 3.8) is 0 Å². The maximum absolute atomic E-state index is 13.3. The lowest BCUT2D eigenvalue weighted by Crippen LogP contribution is -2.42. The van der Waals surface area contributed by atoms with Crippen molar-refractivity contribution in [2.24, 2.45) is 0 Å². The summed E-state index contributed by atoms with van der Waals surface area (Å²) in [5.74, 6) is -1.15. The van der Waals surface area contributed by atoms with Gasteiger partial charge in [-0.2, -0.15) is 0 Å². The van der Waals surface area contributed by atoms with Crippen molar-refractivity contribution in [2.45, 2.75) is 33.1 Å². The molecule has 0 radical (unpaired) electrons. The second kappa shape index (κ2) is 8.93. The quantitative estimate of drug-likeness (QED) is 0.404. The fourth-order valence-electron chi connectivity index (χ4n) is 5.15. The molecule has 0 spiro atoms. The van der Waals surface area contributed by atoms with Gasteiger partial charge in [0, 0.05) is 40.7 Å². The van der Waals surface area contributed by atoms with E-state index in [2.05, 4.69) is 4.90 Å². The first-order chi connectivity index (χ1) is 16.4. The Kier molecular flexibility index (Phi) is 5.82. The summed E-state index contributed by atoms with van der Waals surface area (Å²) in [6.07, 6.45) is 3.53. The van der Waals surface area contributed by atoms with Gasteiger partial charge in [-0.3, -0.25) is 14.5 Å². The van der Waals surface area contributed by atoms with Crippen molar-refractivity contribution in [2.75, 3.05) is 31.1 Å². The predicted octanol–water partition coefficient (Wildman–Crippen LogP) is 4.90. The number of anilines is 1. The molecule has 2 aliphatic heterocycles. The third kappa shape index (κ3) is 3.94. The van der Waals surface area contributed by atoms with Gasteiger partial charge in [0.2, 0.25) is 0 Å². The lowest BCUT2D eigenvalue weighted by atomic mass is 9.92. The molecule has 34 heavy (non-hydrogen) atoms. The van der Waals surface area contributed by atoms with E-state index in [1.807, 2.05) is 44.2 Å². The number of hydrogen-bond donors (Lipinski definition) is 0. The Labute approximate surface area is 199 Å². The minimum atomic E-state index is -0.461. The van der Waals surface area contributed by atoms with Gasteiger partial charge < -0.3 is 9.64 Å². The molecular weight excluding hydrogens is 428 g/mol. The van der Waals surface area contributed by atoms with Crippen LogP contribution in [0.15, 0.2) is 48.5 Å². The smallest absolute Gasteiger partial charge is 0.338 e. The van der Waals surface area contributed by atoms with Gasteiger partial charge in [0.05, 0.1) is 12.1 Å². The summed E-state index contributed by atoms with van der Waals surface area (Å²) >= 11 is 0. The molecule has 0 N–H and O–H groups in total. The van der Waals surface area contributed by atoms with Crippen LogP contribution in [-0.4, -0.2) is 48.9 Å². The standard InChI is InChI=1S/C28H28N2O4/c1-18-15-19(2)17-20(16-18)28(33)34-14-13-30-26(31)22-8-6-7-21-24(29-11-4-3-5-12-29)10-9-23(25(21)22)27(30)32/h6-10,15-17H,3-5,11-14H2,1-2H3. The normalized spacial score (nSPS) is 15.7. The Bertz CT molecular complexity index is 1260. The van der Waals surface area contributed by atoms with E-state index in [-0.39, 0.29) is 25.0 Å². The molecule has 1 fully saturated rings. The summed E-state index contributed by atoms with van der Waals surface area (Å²) in [6, 6.07) is 15.0. The molecule has 6 nitrogen and oxygen atoms in total. The van der Waals surface area contributed by atoms with Gasteiger partial charge >= 0.3 is 5.97 Å². The number of benzene rings is 3. The predicted molar refractivity (Wildman–Crippen MR) is 132 cm³/mol. The van der Waals surface area contributed by atoms with Crippen LogP contribution in [0.5, 0.6) is 0 Å². The van der Waals surface area contributed by atoms with E-state index in [0.29, 0.717) is 16.7 Å². The molecule has 2 heterocycles. The van der Waals surface area contributed by atoms with E-state index < -0.39 is 5.97 Å². The number of carbonyl (C=O) groups is 3. The summed E-state index contributed by atoms with van der Waals surface area (Å²) < 4.78 is 5.41. The van der Waals surface area contributed by atoms with Crippen molar-refractivity contribution in [3.8, 4) is 0 Å². The van der Waals surface area contributed by atoms with Gasteiger partial charge in [0.15, 0.2) is 0 Å². The Morgan fingerprint density at radius 3 is 2.26 bits per heavy atom. The Balaban J connectivity index is 1.37. The third-order valence-corrected chi connectivity index (χ3v) is 6.67. The average molecular weight is 457 g/mol. The fraction of sp³-hybridized carbons (Fsp3) is 0.321. The van der Waals surface area contributed by atoms with Gasteiger partial charge in [0.25, 0.3) is 11.8 Å². The molecule has 0 aliphatic carbocycles. The molecule has 2 aliphatic rings. The first-order valence-corrected chi connectivity index (χ1v) is 11.9. The van der Waals surface area contributed by atoms with Gasteiger partial charge in [-0.05, 0) is 63.4 Å². The Morgan fingerprint density at radius 2 is 1.56 bits per heavy atom. The third-order valence-electron chi connectivity index (χ3n) is 6.67. The molecular formula is C28H28N2O4. The molecule has 5 rings (SSSR count). The SMILES string of the molecule is Cc1cc(C)cc(C(=O)OCCN2C(=O)c3cccc4c(N5CCCCC5)ccc(c34)C2=O)c1. The van der Waals surface area contributed by atoms with E-state index in [1.165, 1.54) is 11.3 Å². The number of rotatable bonds is 5. The largest absolute Gasteiger partial charge is 0.460 e. The first kappa shape index (κ1) is 22.1. The minimum Gasteiger partial charge on any atom is -0.460 e. The number of hydrogen-bond acceptors (Lipinski definition) is 5. The van der Waals surface area contributed by atoms with Gasteiger partial charge in [0.1, 0.15) is 6.61 Å². The highest BCUT2D eigenvalue weighted by atomic mass is 16.5. The van der Waals surface area contributed by atoms with Crippen molar-refractivity contribution < 1.29 is 19.1 Å². The monoisotopic (exact) mass is 456 g/mol. The van der Waals surface area contributed by atoms with Crippen LogP contribution in [0.4, 0.5) is 5.69 Å². The molecule has 2 amide bonds. The maximum atomic E-state index is 13.3. The van der Waals surface area contributed by atoms with E-state index >= 15 is 0 Å². The number of piperidine rings is 1. The molecule has 0 aromatic heterocycles. The van der Waals surface area contributed by atoms with Crippen LogP contribution in [0.1, 0.15) is 61.5 Å². The van der Waals surface area contributed by atoms with Gasteiger partial charge in [-0.25, -0.2) is 4.79 Å². The Morgan fingerprint density at radius 1 is 0.882 bits per heavy atom. The summed E-state index contributed by atoms with van der Waals surface area (Å²) in [5.41, 5.74) is 4.54. The second-order valence-corrected chi connectivity index (χ2v) is 9.18. The zero-order valence-electron chi connectivity index (χ0n) is 19.6. The number of carbonyl (C=O) groups excluding carboxylic acids is 3. The highest BCUT2D eigenvalue weighted by Crippen LogP contribution is 2.36. The first-order valence-electron chi connectivity index (χ1n) is 11.9. The minimum absolute atomic E-state index is 0.0118. The van der Waals surface area contributed by atoms with Crippen LogP contribution >= 0.6 is 0 Å². The number of aryl methyl sites for hydroxylation is 2. The summed E-state index contributed by atoms with van der Waals surface area (Å²) in [7, 11) is 0. The molecule has 3 aromatic carbocycles. The molecule has 0 atom stereocenters. The lowest BCUT2D eigenvalue weighted by Gasteiger charge is -2.32. The van der Waals surface area contributed by atoms with Crippen molar-refractivity contribution in [1.82, 2.24) is 4.90 Å². The van der Waals surface area contributed by atoms with Crippen molar-refractivity contribution in [1.29, 1.82) is 0 Å². The molecule has 6 heteroatoms. The molecule has 1 saturated heterocycles. The van der Waals surface area contributed by atoms with E-state index in [0.717, 1.165) is 53.5 Å². The number of amides is 2. The van der Waals surface area contributed by atoms with E-state index in [4.69, 9.17) is 4.74 Å². The summed E-state index contributed by atoms with van der Waals surface area (Å²) in [6.45, 7) is 5.77. The van der Waals surface area contributed by atoms with Gasteiger partial charge in [-0.15, -0.1) is 0 Å². The molecule has 0 bridgehead atoms. The van der Waals surface area contributed by atoms with Crippen LogP contribution in [0.3, 0.4) is 0 Å². The number of esters is 1.